The first-order valence-corrected chi connectivity index (χ1v) is 11.6. The summed E-state index contributed by atoms with van der Waals surface area (Å²) in [6, 6.07) is 18.1. The van der Waals surface area contributed by atoms with Crippen LogP contribution in [0.15, 0.2) is 77.3 Å². The quantitative estimate of drug-likeness (QED) is 0.303. The topological polar surface area (TPSA) is 22.3 Å². The van der Waals surface area contributed by atoms with Crippen LogP contribution in [0, 0.1) is 5.82 Å². The van der Waals surface area contributed by atoms with Crippen molar-refractivity contribution >= 4 is 39.3 Å². The van der Waals surface area contributed by atoms with Gasteiger partial charge < -0.3 is 9.29 Å². The van der Waals surface area contributed by atoms with E-state index in [4.69, 9.17) is 0 Å². The van der Waals surface area contributed by atoms with Crippen LogP contribution >= 0.6 is 11.9 Å². The molecule has 3 aromatic carbocycles. The van der Waals surface area contributed by atoms with E-state index in [1.54, 1.807) is 6.07 Å². The van der Waals surface area contributed by atoms with Crippen molar-refractivity contribution in [1.82, 2.24) is 9.88 Å². The number of nitrogens with zero attached hydrogens (tertiary/aromatic N) is 2. The summed E-state index contributed by atoms with van der Waals surface area (Å²) in [5.74, 6) is -0.172. The summed E-state index contributed by atoms with van der Waals surface area (Å²) in [4.78, 5) is 7.16. The highest BCUT2D eigenvalue weighted by atomic mass is 32.2. The first-order valence-electron chi connectivity index (χ1n) is 10.9. The molecule has 1 aromatic heterocycles. The summed E-state index contributed by atoms with van der Waals surface area (Å²) in [5.41, 5.74) is 4.99. The Labute approximate surface area is 185 Å². The molecular weight excluding hydrogens is 405 g/mol. The Kier molecular flexibility index (Phi) is 4.73. The monoisotopic (exact) mass is 429 g/mol. The van der Waals surface area contributed by atoms with Crippen LogP contribution in [0.2, 0.25) is 0 Å². The van der Waals surface area contributed by atoms with Crippen LogP contribution in [-0.2, 0) is 6.42 Å². The van der Waals surface area contributed by atoms with Gasteiger partial charge in [0.15, 0.2) is 0 Å². The van der Waals surface area contributed by atoms with Gasteiger partial charge in [0.1, 0.15) is 5.82 Å². The predicted molar refractivity (Wildman–Crippen MR) is 128 cm³/mol. The summed E-state index contributed by atoms with van der Waals surface area (Å²) in [7, 11) is 0. The first kappa shape index (κ1) is 19.0. The standard InChI is InChI=1S/C26H24FN3S/c27-21-7-8-23-22(16-21)20(17-28-23)15-18-9-11-29(12-10-18)13-14-30-24-5-1-3-19-4-2-6-25(31-30)26(19)24/h1-9,16-17,28H,10-15H2. The van der Waals surface area contributed by atoms with Gasteiger partial charge in [-0.1, -0.05) is 35.9 Å². The molecule has 0 unspecified atom stereocenters. The number of rotatable bonds is 5. The van der Waals surface area contributed by atoms with E-state index in [9.17, 15) is 4.39 Å². The van der Waals surface area contributed by atoms with E-state index < -0.39 is 0 Å². The zero-order valence-electron chi connectivity index (χ0n) is 17.3. The molecular formula is C26H24FN3S. The van der Waals surface area contributed by atoms with Gasteiger partial charge in [0.25, 0.3) is 0 Å². The zero-order chi connectivity index (χ0) is 20.8. The van der Waals surface area contributed by atoms with Crippen LogP contribution < -0.4 is 4.31 Å². The predicted octanol–water partition coefficient (Wildman–Crippen LogP) is 6.16. The lowest BCUT2D eigenvalue weighted by Gasteiger charge is -2.28. The average molecular weight is 430 g/mol. The number of benzene rings is 3. The summed E-state index contributed by atoms with van der Waals surface area (Å²) in [5, 5.41) is 3.72. The van der Waals surface area contributed by atoms with Crippen molar-refractivity contribution in [3.05, 3.63) is 83.8 Å². The first-order chi connectivity index (χ1) is 15.2. The van der Waals surface area contributed by atoms with Gasteiger partial charge in [0.05, 0.1) is 5.69 Å². The van der Waals surface area contributed by atoms with Crippen LogP contribution in [0.25, 0.3) is 21.7 Å². The fraction of sp³-hybridized carbons (Fsp3) is 0.231. The van der Waals surface area contributed by atoms with Crippen molar-refractivity contribution in [3.8, 4) is 0 Å². The van der Waals surface area contributed by atoms with E-state index in [0.29, 0.717) is 0 Å². The maximum Gasteiger partial charge on any atom is 0.123 e. The van der Waals surface area contributed by atoms with Crippen LogP contribution in [-0.4, -0.2) is 36.1 Å². The largest absolute Gasteiger partial charge is 0.361 e. The maximum absolute atomic E-state index is 13.7. The van der Waals surface area contributed by atoms with Gasteiger partial charge in [-0.15, -0.1) is 0 Å². The van der Waals surface area contributed by atoms with Gasteiger partial charge in [-0.05, 0) is 66.1 Å². The molecule has 2 aliphatic rings. The van der Waals surface area contributed by atoms with Gasteiger partial charge in [-0.25, -0.2) is 4.39 Å². The van der Waals surface area contributed by atoms with Crippen molar-refractivity contribution < 1.29 is 4.39 Å². The highest BCUT2D eigenvalue weighted by molar-refractivity contribution is 8.01. The molecule has 0 saturated carbocycles. The normalized spacial score (nSPS) is 16.4. The number of aromatic nitrogens is 1. The highest BCUT2D eigenvalue weighted by Gasteiger charge is 2.23. The molecule has 3 nitrogen and oxygen atoms in total. The fourth-order valence-electron chi connectivity index (χ4n) is 4.80. The molecule has 0 fully saturated rings. The lowest BCUT2D eigenvalue weighted by atomic mass is 9.99. The summed E-state index contributed by atoms with van der Waals surface area (Å²) in [6.07, 6.45) is 6.37. The Bertz CT molecular complexity index is 1300. The molecule has 0 saturated heterocycles. The third-order valence-corrected chi connectivity index (χ3v) is 7.61. The minimum absolute atomic E-state index is 0.172. The lowest BCUT2D eigenvalue weighted by Crippen LogP contribution is -2.35. The number of hydrogen-bond acceptors (Lipinski definition) is 3. The second-order valence-corrected chi connectivity index (χ2v) is 9.48. The number of nitrogens with one attached hydrogen (secondary N) is 1. The third-order valence-electron chi connectivity index (χ3n) is 6.48. The molecule has 6 rings (SSSR count). The fourth-order valence-corrected chi connectivity index (χ4v) is 5.91. The number of aromatic amines is 1. The molecule has 5 heteroatoms. The van der Waals surface area contributed by atoms with E-state index in [2.05, 4.69) is 56.7 Å². The van der Waals surface area contributed by atoms with Gasteiger partial charge >= 0.3 is 0 Å². The second kappa shape index (κ2) is 7.74. The van der Waals surface area contributed by atoms with Gasteiger partial charge in [-0.2, -0.15) is 0 Å². The lowest BCUT2D eigenvalue weighted by molar-refractivity contribution is 0.302. The Morgan fingerprint density at radius 2 is 1.94 bits per heavy atom. The van der Waals surface area contributed by atoms with Crippen molar-refractivity contribution in [3.63, 3.8) is 0 Å². The second-order valence-electron chi connectivity index (χ2n) is 8.42. The Morgan fingerprint density at radius 3 is 2.81 bits per heavy atom. The van der Waals surface area contributed by atoms with Gasteiger partial charge in [-0.3, -0.25) is 4.90 Å². The van der Waals surface area contributed by atoms with Crippen molar-refractivity contribution in [2.24, 2.45) is 0 Å². The van der Waals surface area contributed by atoms with Crippen LogP contribution in [0.1, 0.15) is 12.0 Å². The molecule has 1 N–H and O–H groups in total. The molecule has 0 amide bonds. The highest BCUT2D eigenvalue weighted by Crippen LogP contribution is 2.45. The molecule has 156 valence electrons. The van der Waals surface area contributed by atoms with Crippen molar-refractivity contribution in [2.45, 2.75) is 17.7 Å². The van der Waals surface area contributed by atoms with E-state index >= 15 is 0 Å². The van der Waals surface area contributed by atoms with E-state index in [0.717, 1.165) is 49.9 Å². The zero-order valence-corrected chi connectivity index (χ0v) is 18.1. The maximum atomic E-state index is 13.7. The molecule has 4 aromatic rings. The molecule has 0 bridgehead atoms. The minimum atomic E-state index is -0.172. The van der Waals surface area contributed by atoms with E-state index in [1.807, 2.05) is 24.2 Å². The van der Waals surface area contributed by atoms with Crippen LogP contribution in [0.3, 0.4) is 0 Å². The van der Waals surface area contributed by atoms with E-state index in [1.165, 1.54) is 38.6 Å². The molecule has 31 heavy (non-hydrogen) atoms. The van der Waals surface area contributed by atoms with Crippen molar-refractivity contribution in [1.29, 1.82) is 0 Å². The SMILES string of the molecule is Fc1ccc2[nH]cc(CC3=CCN(CCN4Sc5cccc6cccc4c56)CC3)c2c1. The third kappa shape index (κ3) is 3.52. The number of H-pyrrole nitrogens is 1. The Hall–Kier alpha value is -2.76. The number of fused-ring (bicyclic) bond motifs is 1. The van der Waals surface area contributed by atoms with Gasteiger partial charge in [0, 0.05) is 53.6 Å². The summed E-state index contributed by atoms with van der Waals surface area (Å²) in [6.45, 7) is 4.14. The molecule has 2 aliphatic heterocycles. The number of hydrogen-bond donors (Lipinski definition) is 1. The van der Waals surface area contributed by atoms with E-state index in [-0.39, 0.29) is 5.82 Å². The molecule has 0 spiro atoms. The number of halogens is 1. The van der Waals surface area contributed by atoms with Crippen LogP contribution in [0.4, 0.5) is 10.1 Å². The van der Waals surface area contributed by atoms with Gasteiger partial charge in [0.2, 0.25) is 0 Å². The minimum Gasteiger partial charge on any atom is -0.361 e. The summed E-state index contributed by atoms with van der Waals surface area (Å²) >= 11 is 1.87. The average Bonchev–Trinajstić information content (AvgIpc) is 3.36. The molecule has 0 radical (unpaired) electrons. The van der Waals surface area contributed by atoms with Crippen LogP contribution in [0.5, 0.6) is 0 Å². The Morgan fingerprint density at radius 1 is 1.03 bits per heavy atom. The molecule has 0 aliphatic carbocycles. The molecule has 0 atom stereocenters. The smallest absolute Gasteiger partial charge is 0.123 e. The number of anilines is 1. The Balaban J connectivity index is 1.09. The molecule has 3 heterocycles. The van der Waals surface area contributed by atoms with Crippen molar-refractivity contribution in [2.75, 3.05) is 30.5 Å². The summed E-state index contributed by atoms with van der Waals surface area (Å²) < 4.78 is 16.1.